The second kappa shape index (κ2) is 10.6. The summed E-state index contributed by atoms with van der Waals surface area (Å²) in [6, 6.07) is 9.70. The van der Waals surface area contributed by atoms with Gasteiger partial charge in [-0.2, -0.15) is 13.2 Å². The number of rotatable bonds is 7. The number of amides is 2. The minimum atomic E-state index is -4.62. The van der Waals surface area contributed by atoms with Crippen molar-refractivity contribution in [2.75, 3.05) is 39.9 Å². The number of unbranched alkanes of at least 4 members (excludes halogenated alkanes) is 1. The zero-order valence-corrected chi connectivity index (χ0v) is 18.7. The lowest BCUT2D eigenvalue weighted by Gasteiger charge is -2.35. The molecule has 6 nitrogen and oxygen atoms in total. The maximum atomic E-state index is 13.3. The van der Waals surface area contributed by atoms with Gasteiger partial charge in [0.05, 0.1) is 24.8 Å². The molecule has 2 aromatic rings. The van der Waals surface area contributed by atoms with Crippen molar-refractivity contribution in [3.63, 3.8) is 0 Å². The van der Waals surface area contributed by atoms with Crippen LogP contribution in [0.3, 0.4) is 0 Å². The SMILES string of the molecule is CCCCOc1ccc(C(=O)N2CCN(C(=O)c3ccccc3C(F)(F)F)CC2)cc1OC. The topological polar surface area (TPSA) is 59.1 Å². The molecular formula is C24H27F3N2O4. The Labute approximate surface area is 190 Å². The van der Waals surface area contributed by atoms with Crippen molar-refractivity contribution >= 4 is 11.8 Å². The first-order chi connectivity index (χ1) is 15.8. The molecule has 1 aliphatic rings. The molecule has 0 saturated carbocycles. The molecule has 33 heavy (non-hydrogen) atoms. The van der Waals surface area contributed by atoms with Crippen LogP contribution in [0.25, 0.3) is 0 Å². The number of carbonyl (C=O) groups excluding carboxylic acids is 2. The predicted molar refractivity (Wildman–Crippen MR) is 117 cm³/mol. The Bertz CT molecular complexity index is 986. The molecule has 0 spiro atoms. The lowest BCUT2D eigenvalue weighted by atomic mass is 10.1. The van der Waals surface area contributed by atoms with Gasteiger partial charge in [-0.3, -0.25) is 9.59 Å². The van der Waals surface area contributed by atoms with Crippen molar-refractivity contribution in [2.45, 2.75) is 25.9 Å². The maximum absolute atomic E-state index is 13.3. The lowest BCUT2D eigenvalue weighted by molar-refractivity contribution is -0.138. The third-order valence-electron chi connectivity index (χ3n) is 5.48. The van der Waals surface area contributed by atoms with Crippen molar-refractivity contribution in [3.05, 3.63) is 59.2 Å². The molecule has 0 radical (unpaired) electrons. The fourth-order valence-electron chi connectivity index (χ4n) is 3.63. The van der Waals surface area contributed by atoms with Crippen LogP contribution in [0.4, 0.5) is 13.2 Å². The molecule has 2 amide bonds. The van der Waals surface area contributed by atoms with Gasteiger partial charge < -0.3 is 19.3 Å². The summed E-state index contributed by atoms with van der Waals surface area (Å²) in [7, 11) is 1.50. The molecule has 2 aromatic carbocycles. The molecule has 1 aliphatic heterocycles. The Morgan fingerprint density at radius 3 is 2.18 bits per heavy atom. The highest BCUT2D eigenvalue weighted by Crippen LogP contribution is 2.33. The molecular weight excluding hydrogens is 437 g/mol. The Morgan fingerprint density at radius 1 is 0.939 bits per heavy atom. The molecule has 9 heteroatoms. The van der Waals surface area contributed by atoms with Gasteiger partial charge in [-0.1, -0.05) is 25.5 Å². The first kappa shape index (κ1) is 24.4. The number of halogens is 3. The van der Waals surface area contributed by atoms with Crippen LogP contribution in [0.15, 0.2) is 42.5 Å². The summed E-state index contributed by atoms with van der Waals surface area (Å²) in [5.41, 5.74) is -0.924. The number of benzene rings is 2. The summed E-state index contributed by atoms with van der Waals surface area (Å²) in [4.78, 5) is 28.6. The van der Waals surface area contributed by atoms with E-state index in [-0.39, 0.29) is 37.6 Å². The van der Waals surface area contributed by atoms with Gasteiger partial charge in [0, 0.05) is 31.7 Å². The maximum Gasteiger partial charge on any atom is 0.417 e. The van der Waals surface area contributed by atoms with Gasteiger partial charge in [0.15, 0.2) is 11.5 Å². The van der Waals surface area contributed by atoms with Gasteiger partial charge >= 0.3 is 6.18 Å². The average Bonchev–Trinajstić information content (AvgIpc) is 2.83. The summed E-state index contributed by atoms with van der Waals surface area (Å²) in [5.74, 6) is 0.0808. The van der Waals surface area contributed by atoms with Crippen LogP contribution in [0.1, 0.15) is 46.0 Å². The Morgan fingerprint density at radius 2 is 1.58 bits per heavy atom. The van der Waals surface area contributed by atoms with Crippen molar-refractivity contribution < 1.29 is 32.2 Å². The smallest absolute Gasteiger partial charge is 0.417 e. The highest BCUT2D eigenvalue weighted by Gasteiger charge is 2.36. The third-order valence-corrected chi connectivity index (χ3v) is 5.48. The largest absolute Gasteiger partial charge is 0.493 e. The first-order valence-electron chi connectivity index (χ1n) is 10.8. The van der Waals surface area contributed by atoms with Crippen LogP contribution in [0.2, 0.25) is 0 Å². The molecule has 1 saturated heterocycles. The van der Waals surface area contributed by atoms with Crippen LogP contribution in [-0.2, 0) is 6.18 Å². The van der Waals surface area contributed by atoms with E-state index < -0.39 is 17.6 Å². The van der Waals surface area contributed by atoms with Gasteiger partial charge in [0.1, 0.15) is 0 Å². The number of hydrogen-bond acceptors (Lipinski definition) is 4. The monoisotopic (exact) mass is 464 g/mol. The van der Waals surface area contributed by atoms with E-state index in [2.05, 4.69) is 6.92 Å². The molecule has 0 bridgehead atoms. The molecule has 3 rings (SSSR count). The van der Waals surface area contributed by atoms with E-state index in [1.807, 2.05) is 0 Å². The summed E-state index contributed by atoms with van der Waals surface area (Å²) in [6.07, 6.45) is -2.72. The molecule has 0 N–H and O–H groups in total. The Kier molecular flexibility index (Phi) is 7.84. The summed E-state index contributed by atoms with van der Waals surface area (Å²) in [6.45, 7) is 3.34. The second-order valence-corrected chi connectivity index (χ2v) is 7.70. The van der Waals surface area contributed by atoms with Crippen molar-refractivity contribution in [1.82, 2.24) is 9.80 Å². The molecule has 0 atom stereocenters. The molecule has 0 aromatic heterocycles. The van der Waals surface area contributed by atoms with Crippen LogP contribution < -0.4 is 9.47 Å². The molecule has 0 unspecified atom stereocenters. The van der Waals surface area contributed by atoms with Crippen LogP contribution in [0, 0.1) is 0 Å². The van der Waals surface area contributed by atoms with Crippen molar-refractivity contribution in [3.8, 4) is 11.5 Å². The van der Waals surface area contributed by atoms with Gasteiger partial charge in [-0.25, -0.2) is 0 Å². The van der Waals surface area contributed by atoms with Gasteiger partial charge in [0.25, 0.3) is 11.8 Å². The highest BCUT2D eigenvalue weighted by molar-refractivity contribution is 5.97. The van der Waals surface area contributed by atoms with E-state index >= 15 is 0 Å². The summed E-state index contributed by atoms with van der Waals surface area (Å²) < 4.78 is 50.8. The van der Waals surface area contributed by atoms with Crippen molar-refractivity contribution in [2.24, 2.45) is 0 Å². The van der Waals surface area contributed by atoms with Crippen molar-refractivity contribution in [1.29, 1.82) is 0 Å². The van der Waals surface area contributed by atoms with E-state index in [1.54, 1.807) is 23.1 Å². The quantitative estimate of drug-likeness (QED) is 0.567. The summed E-state index contributed by atoms with van der Waals surface area (Å²) in [5, 5.41) is 0. The minimum absolute atomic E-state index is 0.145. The summed E-state index contributed by atoms with van der Waals surface area (Å²) >= 11 is 0. The lowest BCUT2D eigenvalue weighted by Crippen LogP contribution is -2.50. The van der Waals surface area contributed by atoms with E-state index in [9.17, 15) is 22.8 Å². The van der Waals surface area contributed by atoms with Gasteiger partial charge in [0.2, 0.25) is 0 Å². The molecule has 0 aliphatic carbocycles. The molecule has 1 heterocycles. The zero-order chi connectivity index (χ0) is 24.0. The Balaban J connectivity index is 1.65. The number of piperazine rings is 1. The average molecular weight is 464 g/mol. The standard InChI is InChI=1S/C24H27F3N2O4/c1-3-4-15-33-20-10-9-17(16-21(20)32-2)22(30)28-11-13-29(14-12-28)23(31)18-7-5-6-8-19(18)24(25,26)27/h5-10,16H,3-4,11-15H2,1-2H3. The second-order valence-electron chi connectivity index (χ2n) is 7.70. The fraction of sp³-hybridized carbons (Fsp3) is 0.417. The van der Waals surface area contributed by atoms with Crippen LogP contribution >= 0.6 is 0 Å². The number of nitrogens with zero attached hydrogens (tertiary/aromatic N) is 2. The number of hydrogen-bond donors (Lipinski definition) is 0. The predicted octanol–water partition coefficient (Wildman–Crippen LogP) is 4.49. The van der Waals surface area contributed by atoms with E-state index in [0.29, 0.717) is 23.7 Å². The van der Waals surface area contributed by atoms with Crippen LogP contribution in [0.5, 0.6) is 11.5 Å². The molecule has 1 fully saturated rings. The van der Waals surface area contributed by atoms with Gasteiger partial charge in [-0.15, -0.1) is 0 Å². The van der Waals surface area contributed by atoms with E-state index in [1.165, 1.54) is 30.2 Å². The fourth-order valence-corrected chi connectivity index (χ4v) is 3.63. The van der Waals surface area contributed by atoms with Gasteiger partial charge in [-0.05, 0) is 36.8 Å². The normalized spacial score (nSPS) is 14.2. The zero-order valence-electron chi connectivity index (χ0n) is 18.7. The number of methoxy groups -OCH3 is 1. The number of carbonyl (C=O) groups is 2. The first-order valence-corrected chi connectivity index (χ1v) is 10.8. The third kappa shape index (κ3) is 5.77. The van der Waals surface area contributed by atoms with Crippen LogP contribution in [-0.4, -0.2) is 61.5 Å². The molecule has 178 valence electrons. The highest BCUT2D eigenvalue weighted by atomic mass is 19.4. The number of ether oxygens (including phenoxy) is 2. The van der Waals surface area contributed by atoms with E-state index in [4.69, 9.17) is 9.47 Å². The minimum Gasteiger partial charge on any atom is -0.493 e. The number of alkyl halides is 3. The van der Waals surface area contributed by atoms with E-state index in [0.717, 1.165) is 18.9 Å². The Hall–Kier alpha value is -3.23.